The molecule has 1 saturated heterocycles. The van der Waals surface area contributed by atoms with Gasteiger partial charge in [0.15, 0.2) is 0 Å². The predicted molar refractivity (Wildman–Crippen MR) is 80.4 cm³/mol. The van der Waals surface area contributed by atoms with E-state index in [4.69, 9.17) is 9.84 Å². The van der Waals surface area contributed by atoms with Gasteiger partial charge in [-0.15, -0.1) is 0 Å². The second-order valence-electron chi connectivity index (χ2n) is 5.16. The molecule has 0 aliphatic carbocycles. The van der Waals surface area contributed by atoms with Gasteiger partial charge in [0.1, 0.15) is 24.5 Å². The number of rotatable bonds is 3. The van der Waals surface area contributed by atoms with Crippen LogP contribution in [0.5, 0.6) is 0 Å². The Labute approximate surface area is 126 Å². The molecule has 0 saturated carbocycles. The van der Waals surface area contributed by atoms with Crippen molar-refractivity contribution >= 4 is 23.0 Å². The largest absolute Gasteiger partial charge is 0.394 e. The molecular weight excluding hydrogens is 296 g/mol. The van der Waals surface area contributed by atoms with E-state index < -0.39 is 11.6 Å². The Morgan fingerprint density at radius 2 is 2.10 bits per heavy atom. The molecule has 114 valence electrons. The third kappa shape index (κ3) is 3.07. The summed E-state index contributed by atoms with van der Waals surface area (Å²) in [6, 6.07) is 2.70. The van der Waals surface area contributed by atoms with Gasteiger partial charge in [0, 0.05) is 23.5 Å². The molecule has 2 aliphatic heterocycles. The Hall–Kier alpha value is -1.11. The Morgan fingerprint density at radius 3 is 2.67 bits per heavy atom. The zero-order chi connectivity index (χ0) is 14.8. The number of aliphatic hydroxyl groups is 1. The molecule has 0 bridgehead atoms. The molecular formula is C15H17F2NO2S. The van der Waals surface area contributed by atoms with E-state index in [1.54, 1.807) is 16.7 Å². The van der Waals surface area contributed by atoms with Gasteiger partial charge in [-0.3, -0.25) is 0 Å². The lowest BCUT2D eigenvalue weighted by molar-refractivity contribution is 0.0645. The molecule has 21 heavy (non-hydrogen) atoms. The van der Waals surface area contributed by atoms with Gasteiger partial charge in [-0.25, -0.2) is 8.78 Å². The number of halogens is 2. The van der Waals surface area contributed by atoms with E-state index in [2.05, 4.69) is 0 Å². The van der Waals surface area contributed by atoms with Crippen molar-refractivity contribution in [2.24, 2.45) is 0 Å². The van der Waals surface area contributed by atoms with Crippen LogP contribution in [0.3, 0.4) is 0 Å². The van der Waals surface area contributed by atoms with Crippen molar-refractivity contribution in [2.75, 3.05) is 36.3 Å². The van der Waals surface area contributed by atoms with Crippen LogP contribution in [0.1, 0.15) is 12.0 Å². The highest BCUT2D eigenvalue weighted by Gasteiger charge is 2.25. The maximum absolute atomic E-state index is 14.3. The van der Waals surface area contributed by atoms with Crippen LogP contribution >= 0.6 is 11.8 Å². The third-order valence-corrected chi connectivity index (χ3v) is 4.67. The summed E-state index contributed by atoms with van der Waals surface area (Å²) in [5.41, 5.74) is 1.30. The van der Waals surface area contributed by atoms with Gasteiger partial charge in [-0.1, -0.05) is 6.08 Å². The maximum Gasteiger partial charge on any atom is 0.135 e. The molecule has 1 N–H and O–H groups in total. The van der Waals surface area contributed by atoms with Crippen molar-refractivity contribution in [3.63, 3.8) is 0 Å². The Bertz CT molecular complexity index is 542. The standard InChI is InChI=1S/C15H17F2NO2S/c16-13-5-11(18-7-12(8-19)20-9-18)6-14(17)15(13)10-1-3-21-4-2-10/h1,5-6,12,19H,2-4,7-9H2/t12-/m1/s1. The van der Waals surface area contributed by atoms with Crippen LogP contribution in [0.15, 0.2) is 18.2 Å². The van der Waals surface area contributed by atoms with Crippen LogP contribution < -0.4 is 4.90 Å². The van der Waals surface area contributed by atoms with Crippen LogP contribution in [0.4, 0.5) is 14.5 Å². The number of benzene rings is 1. The monoisotopic (exact) mass is 313 g/mol. The molecule has 3 nitrogen and oxygen atoms in total. The van der Waals surface area contributed by atoms with Gasteiger partial charge in [-0.2, -0.15) is 11.8 Å². The average molecular weight is 313 g/mol. The Morgan fingerprint density at radius 1 is 1.33 bits per heavy atom. The van der Waals surface area contributed by atoms with E-state index in [0.717, 1.165) is 17.1 Å². The predicted octanol–water partition coefficient (Wildman–Crippen LogP) is 2.64. The number of ether oxygens (including phenoxy) is 1. The number of aliphatic hydroxyl groups excluding tert-OH is 1. The topological polar surface area (TPSA) is 32.7 Å². The summed E-state index contributed by atoms with van der Waals surface area (Å²) in [6.07, 6.45) is 2.29. The van der Waals surface area contributed by atoms with Crippen LogP contribution in [-0.2, 0) is 4.74 Å². The normalized spacial score (nSPS) is 22.5. The molecule has 6 heteroatoms. The number of hydrogen-bond donors (Lipinski definition) is 1. The average Bonchev–Trinajstić information content (AvgIpc) is 2.96. The fraction of sp³-hybridized carbons (Fsp3) is 0.467. The van der Waals surface area contributed by atoms with Crippen LogP contribution in [-0.4, -0.2) is 42.6 Å². The summed E-state index contributed by atoms with van der Waals surface area (Å²) in [7, 11) is 0. The van der Waals surface area contributed by atoms with Crippen LogP contribution in [0, 0.1) is 11.6 Å². The minimum absolute atomic E-state index is 0.0932. The van der Waals surface area contributed by atoms with Crippen molar-refractivity contribution in [3.8, 4) is 0 Å². The van der Waals surface area contributed by atoms with Crippen LogP contribution in [0.25, 0.3) is 5.57 Å². The second kappa shape index (κ2) is 6.34. The van der Waals surface area contributed by atoms with E-state index in [1.807, 2.05) is 6.08 Å². The number of anilines is 1. The summed E-state index contributed by atoms with van der Waals surface area (Å²) in [4.78, 5) is 1.72. The molecule has 2 heterocycles. The number of thioether (sulfide) groups is 1. The molecule has 0 spiro atoms. The fourth-order valence-electron chi connectivity index (χ4n) is 2.64. The minimum Gasteiger partial charge on any atom is -0.394 e. The van der Waals surface area contributed by atoms with Gasteiger partial charge < -0.3 is 14.7 Å². The Balaban J connectivity index is 1.87. The zero-order valence-electron chi connectivity index (χ0n) is 11.5. The summed E-state index contributed by atoms with van der Waals surface area (Å²) in [5.74, 6) is 0.629. The molecule has 3 rings (SSSR count). The summed E-state index contributed by atoms with van der Waals surface area (Å²) >= 11 is 1.76. The van der Waals surface area contributed by atoms with E-state index in [-0.39, 0.29) is 25.0 Å². The summed E-state index contributed by atoms with van der Waals surface area (Å²) in [5, 5.41) is 9.04. The molecule has 1 atom stereocenters. The Kier molecular flexibility index (Phi) is 4.47. The van der Waals surface area contributed by atoms with Crippen molar-refractivity contribution in [1.82, 2.24) is 0 Å². The number of nitrogens with zero attached hydrogens (tertiary/aromatic N) is 1. The molecule has 1 aromatic carbocycles. The molecule has 0 aromatic heterocycles. The first-order chi connectivity index (χ1) is 10.2. The lowest BCUT2D eigenvalue weighted by Crippen LogP contribution is -2.23. The van der Waals surface area contributed by atoms with E-state index in [0.29, 0.717) is 18.7 Å². The van der Waals surface area contributed by atoms with Gasteiger partial charge in [0.2, 0.25) is 0 Å². The van der Waals surface area contributed by atoms with E-state index in [9.17, 15) is 8.78 Å². The number of hydrogen-bond acceptors (Lipinski definition) is 4. The highest BCUT2D eigenvalue weighted by atomic mass is 32.2. The second-order valence-corrected chi connectivity index (χ2v) is 6.31. The van der Waals surface area contributed by atoms with E-state index in [1.165, 1.54) is 12.1 Å². The fourth-order valence-corrected chi connectivity index (χ4v) is 3.49. The quantitative estimate of drug-likeness (QED) is 0.930. The summed E-state index contributed by atoms with van der Waals surface area (Å²) in [6.45, 7) is 0.584. The van der Waals surface area contributed by atoms with Gasteiger partial charge in [0.05, 0.1) is 6.61 Å². The molecule has 0 unspecified atom stereocenters. The van der Waals surface area contributed by atoms with E-state index >= 15 is 0 Å². The zero-order valence-corrected chi connectivity index (χ0v) is 12.3. The SMILES string of the molecule is OC[C@H]1CN(c2cc(F)c(C3=CCSCC3)c(F)c2)CO1. The van der Waals surface area contributed by atoms with Crippen LogP contribution in [0.2, 0.25) is 0 Å². The first-order valence-electron chi connectivity index (χ1n) is 6.92. The van der Waals surface area contributed by atoms with Gasteiger partial charge in [-0.05, 0) is 29.9 Å². The van der Waals surface area contributed by atoms with Crippen molar-refractivity contribution in [1.29, 1.82) is 0 Å². The highest BCUT2D eigenvalue weighted by Crippen LogP contribution is 2.33. The number of allylic oxidation sites excluding steroid dienone is 1. The summed E-state index contributed by atoms with van der Waals surface area (Å²) < 4.78 is 34.0. The van der Waals surface area contributed by atoms with Gasteiger partial charge in [0.25, 0.3) is 0 Å². The first-order valence-corrected chi connectivity index (χ1v) is 8.08. The lowest BCUT2D eigenvalue weighted by atomic mass is 10.0. The molecule has 1 aromatic rings. The van der Waals surface area contributed by atoms with Gasteiger partial charge >= 0.3 is 0 Å². The maximum atomic E-state index is 14.3. The van der Waals surface area contributed by atoms with Crippen molar-refractivity contribution in [3.05, 3.63) is 35.4 Å². The van der Waals surface area contributed by atoms with Crippen molar-refractivity contribution < 1.29 is 18.6 Å². The smallest absolute Gasteiger partial charge is 0.135 e. The molecule has 1 fully saturated rings. The third-order valence-electron chi connectivity index (χ3n) is 3.77. The highest BCUT2D eigenvalue weighted by molar-refractivity contribution is 7.99. The first kappa shape index (κ1) is 14.8. The molecule has 0 amide bonds. The molecule has 0 radical (unpaired) electrons. The minimum atomic E-state index is -0.532. The molecule has 2 aliphatic rings. The lowest BCUT2D eigenvalue weighted by Gasteiger charge is -2.19. The van der Waals surface area contributed by atoms with Crippen molar-refractivity contribution in [2.45, 2.75) is 12.5 Å².